The number of nitrogens with zero attached hydrogens (tertiary/aromatic N) is 3. The second-order valence-electron chi connectivity index (χ2n) is 5.51. The monoisotopic (exact) mass is 305 g/mol. The van der Waals surface area contributed by atoms with Crippen LogP contribution < -0.4 is 0 Å². The van der Waals surface area contributed by atoms with E-state index in [0.29, 0.717) is 5.88 Å². The van der Waals surface area contributed by atoms with Gasteiger partial charge in [-0.25, -0.2) is 4.98 Å². The molecule has 1 fully saturated rings. The van der Waals surface area contributed by atoms with Crippen LogP contribution in [0.3, 0.4) is 0 Å². The average molecular weight is 306 g/mol. The Hall–Kier alpha value is -1.55. The summed E-state index contributed by atoms with van der Waals surface area (Å²) in [5.41, 5.74) is 2.58. The van der Waals surface area contributed by atoms with Crippen molar-refractivity contribution in [1.29, 1.82) is 0 Å². The molecule has 1 aliphatic rings. The normalized spacial score (nSPS) is 15.0. The number of benzene rings is 1. The Kier molecular flexibility index (Phi) is 4.44. The number of para-hydroxylation sites is 1. The molecule has 3 rings (SSSR count). The Morgan fingerprint density at radius 2 is 2.05 bits per heavy atom. The van der Waals surface area contributed by atoms with E-state index in [1.165, 1.54) is 0 Å². The standard InChI is InChI=1S/C16H20ClN3O/c17-8-1-2-11-20-12-18-15-13(6-5-7-14(15)20)16(21)19-9-3-4-10-19/h5-7,12H,1-4,8-11H2. The van der Waals surface area contributed by atoms with Crippen LogP contribution in [0.1, 0.15) is 36.0 Å². The van der Waals surface area contributed by atoms with Gasteiger partial charge in [0, 0.05) is 25.5 Å². The number of aromatic nitrogens is 2. The van der Waals surface area contributed by atoms with Crippen molar-refractivity contribution in [3.05, 3.63) is 30.1 Å². The zero-order chi connectivity index (χ0) is 14.7. The third-order valence-electron chi connectivity index (χ3n) is 4.06. The lowest BCUT2D eigenvalue weighted by molar-refractivity contribution is 0.0794. The number of unbranched alkanes of at least 4 members (excludes halogenated alkanes) is 1. The van der Waals surface area contributed by atoms with Gasteiger partial charge in [-0.2, -0.15) is 0 Å². The fourth-order valence-corrected chi connectivity index (χ4v) is 3.10. The Morgan fingerprint density at radius 3 is 2.81 bits per heavy atom. The first-order chi connectivity index (χ1) is 10.3. The number of fused-ring (bicyclic) bond motifs is 1. The number of hydrogen-bond acceptors (Lipinski definition) is 2. The molecule has 1 saturated heterocycles. The Morgan fingerprint density at radius 1 is 1.24 bits per heavy atom. The average Bonchev–Trinajstić information content (AvgIpc) is 3.16. The van der Waals surface area contributed by atoms with Gasteiger partial charge < -0.3 is 9.47 Å². The van der Waals surface area contributed by atoms with Crippen LogP contribution in [-0.2, 0) is 6.54 Å². The minimum atomic E-state index is 0.115. The first-order valence-corrected chi connectivity index (χ1v) is 8.14. The lowest BCUT2D eigenvalue weighted by Gasteiger charge is -2.15. The Balaban J connectivity index is 1.88. The fraction of sp³-hybridized carbons (Fsp3) is 0.500. The smallest absolute Gasteiger partial charge is 0.256 e. The second-order valence-corrected chi connectivity index (χ2v) is 5.88. The summed E-state index contributed by atoms with van der Waals surface area (Å²) in [6.45, 7) is 2.63. The first-order valence-electron chi connectivity index (χ1n) is 7.60. The summed E-state index contributed by atoms with van der Waals surface area (Å²) in [6.07, 6.45) is 6.07. The molecule has 0 saturated carbocycles. The maximum absolute atomic E-state index is 12.6. The third-order valence-corrected chi connectivity index (χ3v) is 4.32. The number of amides is 1. The molecule has 112 valence electrons. The van der Waals surface area contributed by atoms with E-state index in [1.54, 1.807) is 0 Å². The van der Waals surface area contributed by atoms with Crippen molar-refractivity contribution in [1.82, 2.24) is 14.5 Å². The number of aryl methyl sites for hydroxylation is 1. The van der Waals surface area contributed by atoms with Crippen molar-refractivity contribution in [3.8, 4) is 0 Å². The zero-order valence-corrected chi connectivity index (χ0v) is 12.9. The molecule has 4 nitrogen and oxygen atoms in total. The number of carbonyl (C=O) groups is 1. The van der Waals surface area contributed by atoms with Crippen LogP contribution in [0.2, 0.25) is 0 Å². The largest absolute Gasteiger partial charge is 0.339 e. The van der Waals surface area contributed by atoms with Crippen LogP contribution in [0, 0.1) is 0 Å². The van der Waals surface area contributed by atoms with Crippen LogP contribution in [0.4, 0.5) is 0 Å². The van der Waals surface area contributed by atoms with Gasteiger partial charge in [0.2, 0.25) is 0 Å². The predicted molar refractivity (Wildman–Crippen MR) is 84.8 cm³/mol. The van der Waals surface area contributed by atoms with Gasteiger partial charge in [-0.05, 0) is 37.8 Å². The molecule has 0 radical (unpaired) electrons. The van der Waals surface area contributed by atoms with Crippen LogP contribution in [0.15, 0.2) is 24.5 Å². The summed E-state index contributed by atoms with van der Waals surface area (Å²) in [6, 6.07) is 5.87. The van der Waals surface area contributed by atoms with Crippen LogP contribution in [-0.4, -0.2) is 39.3 Å². The molecule has 1 aliphatic heterocycles. The summed E-state index contributed by atoms with van der Waals surface area (Å²) in [5, 5.41) is 0. The zero-order valence-electron chi connectivity index (χ0n) is 12.1. The molecule has 0 N–H and O–H groups in total. The number of halogens is 1. The molecule has 0 aliphatic carbocycles. The molecule has 2 heterocycles. The fourth-order valence-electron chi connectivity index (χ4n) is 2.91. The van der Waals surface area contributed by atoms with Gasteiger partial charge in [0.15, 0.2) is 0 Å². The number of alkyl halides is 1. The van der Waals surface area contributed by atoms with E-state index >= 15 is 0 Å². The summed E-state index contributed by atoms with van der Waals surface area (Å²) in [4.78, 5) is 19.0. The van der Waals surface area contributed by atoms with Crippen LogP contribution >= 0.6 is 11.6 Å². The van der Waals surface area contributed by atoms with E-state index in [1.807, 2.05) is 29.4 Å². The number of likely N-dealkylation sites (tertiary alicyclic amines) is 1. The highest BCUT2D eigenvalue weighted by Crippen LogP contribution is 2.21. The minimum Gasteiger partial charge on any atom is -0.339 e. The van der Waals surface area contributed by atoms with E-state index in [4.69, 9.17) is 11.6 Å². The molecule has 5 heteroatoms. The van der Waals surface area contributed by atoms with Gasteiger partial charge in [-0.15, -0.1) is 11.6 Å². The van der Waals surface area contributed by atoms with Crippen molar-refractivity contribution in [2.24, 2.45) is 0 Å². The number of rotatable bonds is 5. The molecular formula is C16H20ClN3O. The molecule has 1 aromatic carbocycles. The lowest BCUT2D eigenvalue weighted by Crippen LogP contribution is -2.27. The maximum atomic E-state index is 12.6. The number of hydrogen-bond donors (Lipinski definition) is 0. The summed E-state index contributed by atoms with van der Waals surface area (Å²) >= 11 is 5.72. The van der Waals surface area contributed by atoms with Gasteiger partial charge in [-0.3, -0.25) is 4.79 Å². The molecular weight excluding hydrogens is 286 g/mol. The van der Waals surface area contributed by atoms with E-state index in [9.17, 15) is 4.79 Å². The van der Waals surface area contributed by atoms with Gasteiger partial charge in [0.05, 0.1) is 17.4 Å². The molecule has 0 atom stereocenters. The molecule has 1 amide bonds. The number of carbonyl (C=O) groups excluding carboxylic acids is 1. The summed E-state index contributed by atoms with van der Waals surface area (Å²) < 4.78 is 2.11. The summed E-state index contributed by atoms with van der Waals surface area (Å²) in [7, 11) is 0. The maximum Gasteiger partial charge on any atom is 0.256 e. The van der Waals surface area contributed by atoms with Gasteiger partial charge in [0.25, 0.3) is 5.91 Å². The molecule has 0 bridgehead atoms. The summed E-state index contributed by atoms with van der Waals surface area (Å²) in [5.74, 6) is 0.801. The lowest BCUT2D eigenvalue weighted by atomic mass is 10.1. The molecule has 21 heavy (non-hydrogen) atoms. The Labute approximate surface area is 129 Å². The van der Waals surface area contributed by atoms with E-state index in [-0.39, 0.29) is 5.91 Å². The van der Waals surface area contributed by atoms with E-state index < -0.39 is 0 Å². The molecule has 0 unspecified atom stereocenters. The third kappa shape index (κ3) is 2.91. The highest BCUT2D eigenvalue weighted by molar-refractivity contribution is 6.17. The van der Waals surface area contributed by atoms with Crippen molar-refractivity contribution < 1.29 is 4.79 Å². The van der Waals surface area contributed by atoms with Gasteiger partial charge >= 0.3 is 0 Å². The van der Waals surface area contributed by atoms with Crippen molar-refractivity contribution >= 4 is 28.5 Å². The molecule has 2 aromatic rings. The Bertz CT molecular complexity index is 631. The second kappa shape index (κ2) is 6.48. The highest BCUT2D eigenvalue weighted by atomic mass is 35.5. The van der Waals surface area contributed by atoms with E-state index in [0.717, 1.165) is 61.9 Å². The number of imidazole rings is 1. The topological polar surface area (TPSA) is 38.1 Å². The SMILES string of the molecule is O=C(c1cccc2c1ncn2CCCCCl)N1CCCC1. The molecule has 0 spiro atoms. The van der Waals surface area contributed by atoms with Gasteiger partial charge in [0.1, 0.15) is 5.52 Å². The molecule has 1 aromatic heterocycles. The van der Waals surface area contributed by atoms with Crippen molar-refractivity contribution in [2.45, 2.75) is 32.2 Å². The van der Waals surface area contributed by atoms with Crippen LogP contribution in [0.5, 0.6) is 0 Å². The van der Waals surface area contributed by atoms with E-state index in [2.05, 4.69) is 9.55 Å². The van der Waals surface area contributed by atoms with Crippen LogP contribution in [0.25, 0.3) is 11.0 Å². The first kappa shape index (κ1) is 14.4. The predicted octanol–water partition coefficient (Wildman–Crippen LogP) is 3.29. The van der Waals surface area contributed by atoms with Gasteiger partial charge in [-0.1, -0.05) is 6.07 Å². The minimum absolute atomic E-state index is 0.115. The quantitative estimate of drug-likeness (QED) is 0.628. The highest BCUT2D eigenvalue weighted by Gasteiger charge is 2.22. The van der Waals surface area contributed by atoms with Crippen molar-refractivity contribution in [2.75, 3.05) is 19.0 Å². The van der Waals surface area contributed by atoms with Crippen molar-refractivity contribution in [3.63, 3.8) is 0 Å².